The van der Waals surface area contributed by atoms with E-state index < -0.39 is 5.97 Å². The van der Waals surface area contributed by atoms with Crippen molar-refractivity contribution in [3.05, 3.63) is 29.8 Å². The third kappa shape index (κ3) is 6.33. The minimum absolute atomic E-state index is 0.148. The van der Waals surface area contributed by atoms with E-state index in [-0.39, 0.29) is 6.54 Å². The molecule has 0 radical (unpaired) electrons. The Kier molecular flexibility index (Phi) is 8.22. The van der Waals surface area contributed by atoms with Crippen LogP contribution in [-0.4, -0.2) is 59.7 Å². The number of piperidine rings is 1. The van der Waals surface area contributed by atoms with E-state index in [1.165, 1.54) is 5.56 Å². The molecule has 0 aromatic heterocycles. The van der Waals surface area contributed by atoms with Gasteiger partial charge in [-0.2, -0.15) is 0 Å². The van der Waals surface area contributed by atoms with Gasteiger partial charge in [0.15, 0.2) is 0 Å². The lowest BCUT2D eigenvalue weighted by Gasteiger charge is -2.37. The number of carboxylic acid groups (broad SMARTS) is 1. The Hall–Kier alpha value is -1.59. The van der Waals surface area contributed by atoms with E-state index in [0.717, 1.165) is 64.2 Å². The number of ether oxygens (including phenoxy) is 1. The van der Waals surface area contributed by atoms with Crippen molar-refractivity contribution in [2.75, 3.05) is 32.8 Å². The molecule has 1 saturated heterocycles. The number of likely N-dealkylation sites (N-methyl/N-ethyl adjacent to an activating group) is 1. The molecule has 0 saturated carbocycles. The van der Waals surface area contributed by atoms with Gasteiger partial charge in [0.25, 0.3) is 0 Å². The zero-order chi connectivity index (χ0) is 18.1. The molecule has 0 unspecified atom stereocenters. The molecular weight excluding hydrogens is 316 g/mol. The maximum atomic E-state index is 11.0. The van der Waals surface area contributed by atoms with Crippen LogP contribution in [0.1, 0.15) is 45.1 Å². The van der Waals surface area contributed by atoms with Crippen molar-refractivity contribution in [1.82, 2.24) is 9.80 Å². The highest BCUT2D eigenvalue weighted by molar-refractivity contribution is 5.69. The molecule has 2 rings (SSSR count). The van der Waals surface area contributed by atoms with Crippen LogP contribution < -0.4 is 4.74 Å². The largest absolute Gasteiger partial charge is 0.493 e. The summed E-state index contributed by atoms with van der Waals surface area (Å²) in [5.74, 6) is 0.265. The fraction of sp³-hybridized carbons (Fsp3) is 0.650. The number of likely N-dealkylation sites (tertiary alicyclic amines) is 1. The van der Waals surface area contributed by atoms with Crippen molar-refractivity contribution in [1.29, 1.82) is 0 Å². The maximum absolute atomic E-state index is 11.0. The normalized spacial score (nSPS) is 16.3. The van der Waals surface area contributed by atoms with Gasteiger partial charge in [-0.25, -0.2) is 0 Å². The lowest BCUT2D eigenvalue weighted by Crippen LogP contribution is -2.46. The van der Waals surface area contributed by atoms with Crippen molar-refractivity contribution < 1.29 is 14.6 Å². The topological polar surface area (TPSA) is 53.0 Å². The number of nitrogens with zero attached hydrogens (tertiary/aromatic N) is 2. The second-order valence-electron chi connectivity index (χ2n) is 6.77. The van der Waals surface area contributed by atoms with E-state index >= 15 is 0 Å². The fourth-order valence-corrected chi connectivity index (χ4v) is 3.46. The van der Waals surface area contributed by atoms with Gasteiger partial charge in [0.05, 0.1) is 13.2 Å². The Morgan fingerprint density at radius 2 is 2.00 bits per heavy atom. The SMILES string of the molecule is CCCCOc1ccccc1CN1CCC(N(CC)CC(=O)O)CC1. The van der Waals surface area contributed by atoms with Crippen LogP contribution in [-0.2, 0) is 11.3 Å². The zero-order valence-electron chi connectivity index (χ0n) is 15.6. The molecule has 0 aliphatic carbocycles. The van der Waals surface area contributed by atoms with Gasteiger partial charge >= 0.3 is 5.97 Å². The summed E-state index contributed by atoms with van der Waals surface area (Å²) in [5.41, 5.74) is 1.25. The monoisotopic (exact) mass is 348 g/mol. The molecule has 1 aliphatic rings. The van der Waals surface area contributed by atoms with E-state index in [1.807, 2.05) is 13.0 Å². The van der Waals surface area contributed by atoms with Gasteiger partial charge in [0.2, 0.25) is 0 Å². The Labute approximate surface area is 151 Å². The zero-order valence-corrected chi connectivity index (χ0v) is 15.6. The summed E-state index contributed by atoms with van der Waals surface area (Å²) in [7, 11) is 0. The van der Waals surface area contributed by atoms with Gasteiger partial charge in [0.1, 0.15) is 5.75 Å². The van der Waals surface area contributed by atoms with Gasteiger partial charge in [-0.3, -0.25) is 14.6 Å². The number of hydrogen-bond donors (Lipinski definition) is 1. The average Bonchev–Trinajstić information content (AvgIpc) is 2.62. The molecule has 1 aromatic carbocycles. The van der Waals surface area contributed by atoms with Gasteiger partial charge in [-0.15, -0.1) is 0 Å². The van der Waals surface area contributed by atoms with Crippen LogP contribution in [0.15, 0.2) is 24.3 Å². The molecule has 1 aromatic rings. The molecule has 5 heteroatoms. The number of rotatable bonds is 10. The van der Waals surface area contributed by atoms with Gasteiger partial charge in [0, 0.05) is 18.2 Å². The van der Waals surface area contributed by atoms with Gasteiger partial charge in [-0.1, -0.05) is 38.5 Å². The molecule has 0 spiro atoms. The summed E-state index contributed by atoms with van der Waals surface area (Å²) in [6, 6.07) is 8.69. The van der Waals surface area contributed by atoms with E-state index in [2.05, 4.69) is 34.9 Å². The predicted molar refractivity (Wildman–Crippen MR) is 100 cm³/mol. The van der Waals surface area contributed by atoms with Crippen LogP contribution >= 0.6 is 0 Å². The maximum Gasteiger partial charge on any atom is 0.317 e. The summed E-state index contributed by atoms with van der Waals surface area (Å²) < 4.78 is 5.94. The van der Waals surface area contributed by atoms with E-state index in [9.17, 15) is 4.79 Å². The molecule has 1 heterocycles. The number of aliphatic carboxylic acids is 1. The highest BCUT2D eigenvalue weighted by Crippen LogP contribution is 2.23. The first-order chi connectivity index (χ1) is 12.1. The second kappa shape index (κ2) is 10.4. The standard InChI is InChI=1S/C20H32N2O3/c1-3-5-14-25-19-9-7-6-8-17(19)15-21-12-10-18(11-13-21)22(4-2)16-20(23)24/h6-9,18H,3-5,10-16H2,1-2H3,(H,23,24). The Bertz CT molecular complexity index is 527. The summed E-state index contributed by atoms with van der Waals surface area (Å²) in [6.07, 6.45) is 4.27. The van der Waals surface area contributed by atoms with E-state index in [4.69, 9.17) is 9.84 Å². The second-order valence-corrected chi connectivity index (χ2v) is 6.77. The predicted octanol–water partition coefficient (Wildman–Crippen LogP) is 3.24. The quantitative estimate of drug-likeness (QED) is 0.658. The number of benzene rings is 1. The number of unbranched alkanes of at least 4 members (excludes halogenated alkanes) is 1. The molecule has 0 amide bonds. The van der Waals surface area contributed by atoms with Gasteiger partial charge < -0.3 is 9.84 Å². The molecule has 1 fully saturated rings. The molecule has 1 aliphatic heterocycles. The smallest absolute Gasteiger partial charge is 0.317 e. The Morgan fingerprint density at radius 1 is 1.28 bits per heavy atom. The van der Waals surface area contributed by atoms with Crippen LogP contribution in [0.5, 0.6) is 5.75 Å². The third-order valence-electron chi connectivity index (χ3n) is 4.94. The highest BCUT2D eigenvalue weighted by Gasteiger charge is 2.25. The third-order valence-corrected chi connectivity index (χ3v) is 4.94. The summed E-state index contributed by atoms with van der Waals surface area (Å²) >= 11 is 0. The minimum atomic E-state index is -0.734. The molecule has 25 heavy (non-hydrogen) atoms. The number of carbonyl (C=O) groups is 1. The Balaban J connectivity index is 1.86. The van der Waals surface area contributed by atoms with Crippen LogP contribution in [0.3, 0.4) is 0 Å². The van der Waals surface area contributed by atoms with E-state index in [1.54, 1.807) is 0 Å². The number of carboxylic acids is 1. The van der Waals surface area contributed by atoms with Crippen molar-refractivity contribution >= 4 is 5.97 Å². The lowest BCUT2D eigenvalue weighted by molar-refractivity contribution is -0.139. The van der Waals surface area contributed by atoms with Crippen LogP contribution in [0.25, 0.3) is 0 Å². The van der Waals surface area contributed by atoms with Crippen LogP contribution in [0.2, 0.25) is 0 Å². The number of para-hydroxylation sites is 1. The first kappa shape index (κ1) is 19.7. The molecule has 1 N–H and O–H groups in total. The highest BCUT2D eigenvalue weighted by atomic mass is 16.5. The molecule has 5 nitrogen and oxygen atoms in total. The summed E-state index contributed by atoms with van der Waals surface area (Å²) in [6.45, 7) is 8.84. The van der Waals surface area contributed by atoms with Crippen molar-refractivity contribution in [2.45, 2.75) is 52.1 Å². The molecular formula is C20H32N2O3. The summed E-state index contributed by atoms with van der Waals surface area (Å²) in [5, 5.41) is 9.05. The average molecular weight is 348 g/mol. The van der Waals surface area contributed by atoms with Gasteiger partial charge in [-0.05, 0) is 45.0 Å². The molecule has 0 bridgehead atoms. The molecule has 140 valence electrons. The number of hydrogen-bond acceptors (Lipinski definition) is 4. The van der Waals surface area contributed by atoms with Crippen LogP contribution in [0, 0.1) is 0 Å². The van der Waals surface area contributed by atoms with Crippen molar-refractivity contribution in [2.24, 2.45) is 0 Å². The van der Waals surface area contributed by atoms with Crippen LogP contribution in [0.4, 0.5) is 0 Å². The fourth-order valence-electron chi connectivity index (χ4n) is 3.46. The van der Waals surface area contributed by atoms with Crippen molar-refractivity contribution in [3.63, 3.8) is 0 Å². The first-order valence-corrected chi connectivity index (χ1v) is 9.53. The van der Waals surface area contributed by atoms with Crippen molar-refractivity contribution in [3.8, 4) is 5.75 Å². The first-order valence-electron chi connectivity index (χ1n) is 9.53. The molecule has 0 atom stereocenters. The Morgan fingerprint density at radius 3 is 2.64 bits per heavy atom. The lowest BCUT2D eigenvalue weighted by atomic mass is 10.0. The minimum Gasteiger partial charge on any atom is -0.493 e. The summed E-state index contributed by atoms with van der Waals surface area (Å²) in [4.78, 5) is 15.5. The van der Waals surface area contributed by atoms with E-state index in [0.29, 0.717) is 6.04 Å².